The van der Waals surface area contributed by atoms with Crippen LogP contribution in [-0.4, -0.2) is 55.9 Å². The van der Waals surface area contributed by atoms with Crippen LogP contribution in [0, 0.1) is 5.41 Å². The van der Waals surface area contributed by atoms with Crippen LogP contribution in [0.4, 0.5) is 0 Å². The molecule has 1 unspecified atom stereocenters. The topological polar surface area (TPSA) is 23.6 Å². The van der Waals surface area contributed by atoms with Crippen molar-refractivity contribution >= 4 is 6.29 Å². The third-order valence-corrected chi connectivity index (χ3v) is 4.25. The molecule has 1 rings (SSSR count). The van der Waals surface area contributed by atoms with Crippen molar-refractivity contribution in [3.8, 4) is 0 Å². The largest absolute Gasteiger partial charge is 0.308 e. The summed E-state index contributed by atoms with van der Waals surface area (Å²) in [6.07, 6.45) is 5.66. The lowest BCUT2D eigenvalue weighted by atomic mass is 9.83. The normalized spacial score (nSPS) is 22.3. The molecule has 1 saturated heterocycles. The fourth-order valence-corrected chi connectivity index (χ4v) is 2.81. The van der Waals surface area contributed by atoms with Gasteiger partial charge in [-0.25, -0.2) is 0 Å². The predicted molar refractivity (Wildman–Crippen MR) is 72.2 cm³/mol. The highest BCUT2D eigenvalue weighted by molar-refractivity contribution is 5.59. The fourth-order valence-electron chi connectivity index (χ4n) is 2.81. The van der Waals surface area contributed by atoms with E-state index in [1.165, 1.54) is 19.1 Å². The summed E-state index contributed by atoms with van der Waals surface area (Å²) in [5.41, 5.74) is -0.116. The van der Waals surface area contributed by atoms with E-state index in [1.807, 2.05) is 0 Å². The molecule has 3 heteroatoms. The van der Waals surface area contributed by atoms with Crippen molar-refractivity contribution in [3.63, 3.8) is 0 Å². The number of aldehydes is 1. The molecule has 0 saturated carbocycles. The molecule has 0 spiro atoms. The second kappa shape index (κ2) is 6.50. The van der Waals surface area contributed by atoms with E-state index in [9.17, 15) is 4.79 Å². The monoisotopic (exact) mass is 240 g/mol. The lowest BCUT2D eigenvalue weighted by Gasteiger charge is -2.35. The van der Waals surface area contributed by atoms with E-state index in [-0.39, 0.29) is 5.41 Å². The van der Waals surface area contributed by atoms with Crippen molar-refractivity contribution in [1.82, 2.24) is 9.80 Å². The Hall–Kier alpha value is -0.410. The van der Waals surface area contributed by atoms with Gasteiger partial charge >= 0.3 is 0 Å². The van der Waals surface area contributed by atoms with Gasteiger partial charge in [0, 0.05) is 24.5 Å². The Labute approximate surface area is 106 Å². The zero-order chi connectivity index (χ0) is 12.9. The van der Waals surface area contributed by atoms with Gasteiger partial charge in [-0.15, -0.1) is 0 Å². The van der Waals surface area contributed by atoms with Crippen LogP contribution in [0.15, 0.2) is 0 Å². The van der Waals surface area contributed by atoms with E-state index in [2.05, 4.69) is 37.7 Å². The first kappa shape index (κ1) is 14.7. The summed E-state index contributed by atoms with van der Waals surface area (Å²) in [7, 11) is 4.26. The summed E-state index contributed by atoms with van der Waals surface area (Å²) in [5, 5.41) is 0. The van der Waals surface area contributed by atoms with E-state index in [0.717, 1.165) is 32.5 Å². The molecule has 1 fully saturated rings. The van der Waals surface area contributed by atoms with Crippen LogP contribution in [0.1, 0.15) is 39.5 Å². The molecular weight excluding hydrogens is 212 g/mol. The van der Waals surface area contributed by atoms with Crippen LogP contribution >= 0.6 is 0 Å². The molecule has 1 aliphatic heterocycles. The number of carbonyl (C=O) groups is 1. The Kier molecular flexibility index (Phi) is 5.60. The Balaban J connectivity index is 2.62. The molecule has 0 aromatic heterocycles. The second-order valence-electron chi connectivity index (χ2n) is 5.72. The smallest absolute Gasteiger partial charge is 0.127 e. The molecule has 1 heterocycles. The first-order valence-electron chi connectivity index (χ1n) is 6.92. The maximum atomic E-state index is 11.4. The summed E-state index contributed by atoms with van der Waals surface area (Å²) in [6, 6.07) is 0.641. The minimum absolute atomic E-state index is 0.116. The summed E-state index contributed by atoms with van der Waals surface area (Å²) < 4.78 is 0. The van der Waals surface area contributed by atoms with Gasteiger partial charge in [0.2, 0.25) is 0 Å². The van der Waals surface area contributed by atoms with Crippen molar-refractivity contribution in [2.75, 3.05) is 33.7 Å². The average Bonchev–Trinajstić information content (AvgIpc) is 2.72. The lowest BCUT2D eigenvalue weighted by molar-refractivity contribution is -0.117. The molecule has 17 heavy (non-hydrogen) atoms. The zero-order valence-corrected chi connectivity index (χ0v) is 11.9. The summed E-state index contributed by atoms with van der Waals surface area (Å²) >= 11 is 0. The molecule has 100 valence electrons. The Morgan fingerprint density at radius 2 is 2.00 bits per heavy atom. The number of rotatable bonds is 7. The van der Waals surface area contributed by atoms with E-state index >= 15 is 0 Å². The quantitative estimate of drug-likeness (QED) is 0.636. The lowest BCUT2D eigenvalue weighted by Crippen LogP contribution is -2.44. The Bertz CT molecular complexity index is 236. The number of carbonyl (C=O) groups excluding carboxylic acids is 1. The minimum Gasteiger partial charge on any atom is -0.308 e. The van der Waals surface area contributed by atoms with E-state index in [4.69, 9.17) is 0 Å². The number of hydrogen-bond donors (Lipinski definition) is 0. The minimum atomic E-state index is -0.116. The molecule has 0 aromatic rings. The molecule has 0 amide bonds. The molecule has 3 nitrogen and oxygen atoms in total. The third kappa shape index (κ3) is 3.78. The van der Waals surface area contributed by atoms with Crippen LogP contribution in [0.3, 0.4) is 0 Å². The average molecular weight is 240 g/mol. The number of likely N-dealkylation sites (tertiary alicyclic amines) is 1. The van der Waals surface area contributed by atoms with Crippen LogP contribution in [-0.2, 0) is 4.79 Å². The summed E-state index contributed by atoms with van der Waals surface area (Å²) in [5.74, 6) is 0. The third-order valence-electron chi connectivity index (χ3n) is 4.25. The molecule has 0 aliphatic carbocycles. The van der Waals surface area contributed by atoms with Crippen molar-refractivity contribution in [1.29, 1.82) is 0 Å². The molecule has 0 bridgehead atoms. The summed E-state index contributed by atoms with van der Waals surface area (Å²) in [4.78, 5) is 16.2. The maximum absolute atomic E-state index is 11.4. The second-order valence-corrected chi connectivity index (χ2v) is 5.72. The highest BCUT2D eigenvalue weighted by Crippen LogP contribution is 2.29. The van der Waals surface area contributed by atoms with Gasteiger partial charge in [-0.1, -0.05) is 13.8 Å². The van der Waals surface area contributed by atoms with Gasteiger partial charge < -0.3 is 9.69 Å². The first-order chi connectivity index (χ1) is 8.06. The van der Waals surface area contributed by atoms with Crippen molar-refractivity contribution in [3.05, 3.63) is 0 Å². The highest BCUT2D eigenvalue weighted by Gasteiger charge is 2.33. The van der Waals surface area contributed by atoms with Crippen molar-refractivity contribution in [2.24, 2.45) is 5.41 Å². The highest BCUT2D eigenvalue weighted by atomic mass is 16.1. The van der Waals surface area contributed by atoms with Gasteiger partial charge in [-0.05, 0) is 46.3 Å². The number of hydrogen-bond acceptors (Lipinski definition) is 3. The molecule has 1 aliphatic rings. The fraction of sp³-hybridized carbons (Fsp3) is 0.929. The molecule has 0 N–H and O–H groups in total. The van der Waals surface area contributed by atoms with Crippen molar-refractivity contribution in [2.45, 2.75) is 45.6 Å². The summed E-state index contributed by atoms with van der Waals surface area (Å²) in [6.45, 7) is 7.49. The molecule has 1 atom stereocenters. The standard InChI is InChI=1S/C14H28N2O/c1-5-14(6-2,12-17)11-16-9-7-8-13(16)10-15(3)4/h12-13H,5-11H2,1-4H3. The van der Waals surface area contributed by atoms with Gasteiger partial charge in [0.25, 0.3) is 0 Å². The van der Waals surface area contributed by atoms with Crippen LogP contribution < -0.4 is 0 Å². The number of nitrogens with zero attached hydrogens (tertiary/aromatic N) is 2. The van der Waals surface area contributed by atoms with E-state index in [0.29, 0.717) is 6.04 Å². The first-order valence-corrected chi connectivity index (χ1v) is 6.92. The van der Waals surface area contributed by atoms with Gasteiger partial charge in [-0.3, -0.25) is 4.90 Å². The number of likely N-dealkylation sites (N-methyl/N-ethyl adjacent to an activating group) is 1. The predicted octanol–water partition coefficient (Wildman–Crippen LogP) is 2.02. The van der Waals surface area contributed by atoms with Crippen LogP contribution in [0.2, 0.25) is 0 Å². The van der Waals surface area contributed by atoms with E-state index in [1.54, 1.807) is 0 Å². The van der Waals surface area contributed by atoms with Gasteiger partial charge in [0.05, 0.1) is 0 Å². The molecule has 0 radical (unpaired) electrons. The Morgan fingerprint density at radius 1 is 1.35 bits per heavy atom. The molecule has 0 aromatic carbocycles. The van der Waals surface area contributed by atoms with Crippen molar-refractivity contribution < 1.29 is 4.79 Å². The van der Waals surface area contributed by atoms with Gasteiger partial charge in [-0.2, -0.15) is 0 Å². The molecular formula is C14H28N2O. The van der Waals surface area contributed by atoms with Gasteiger partial charge in [0.15, 0.2) is 0 Å². The maximum Gasteiger partial charge on any atom is 0.127 e. The SMILES string of the molecule is CCC(C=O)(CC)CN1CCCC1CN(C)C. The van der Waals surface area contributed by atoms with E-state index < -0.39 is 0 Å². The zero-order valence-electron chi connectivity index (χ0n) is 11.9. The van der Waals surface area contributed by atoms with Crippen LogP contribution in [0.25, 0.3) is 0 Å². The van der Waals surface area contributed by atoms with Gasteiger partial charge in [0.1, 0.15) is 6.29 Å². The van der Waals surface area contributed by atoms with Crippen LogP contribution in [0.5, 0.6) is 0 Å². The Morgan fingerprint density at radius 3 is 2.47 bits per heavy atom.